The third-order valence-electron chi connectivity index (χ3n) is 8.12. The number of hydrogen-bond acceptors (Lipinski definition) is 6. The second kappa shape index (κ2) is 12.2. The minimum absolute atomic E-state index is 0.0398. The summed E-state index contributed by atoms with van der Waals surface area (Å²) >= 11 is 0. The Morgan fingerprint density at radius 1 is 1.00 bits per heavy atom. The van der Waals surface area contributed by atoms with Gasteiger partial charge in [0.25, 0.3) is 5.92 Å². The highest BCUT2D eigenvalue weighted by Crippen LogP contribution is 2.45. The Bertz CT molecular complexity index is 2020. The molecule has 0 amide bonds. The molecule has 2 heterocycles. The van der Waals surface area contributed by atoms with Gasteiger partial charge in [-0.05, 0) is 60.5 Å². The number of methoxy groups -OCH3 is 1. The minimum Gasteiger partial charge on any atom is -0.473 e. The Kier molecular flexibility index (Phi) is 8.17. The zero-order valence-electron chi connectivity index (χ0n) is 24.4. The van der Waals surface area contributed by atoms with Crippen LogP contribution in [-0.4, -0.2) is 33.5 Å². The van der Waals surface area contributed by atoms with Crippen molar-refractivity contribution in [1.82, 2.24) is 14.5 Å². The number of hydrogen-bond donors (Lipinski definition) is 0. The lowest BCUT2D eigenvalue weighted by atomic mass is 9.80. The summed E-state index contributed by atoms with van der Waals surface area (Å²) in [5, 5.41) is 8.91. The molecule has 0 spiro atoms. The van der Waals surface area contributed by atoms with Gasteiger partial charge in [0, 0.05) is 42.5 Å². The Labute approximate surface area is 259 Å². The average Bonchev–Trinajstić information content (AvgIpc) is 3.39. The van der Waals surface area contributed by atoms with Gasteiger partial charge in [-0.15, -0.1) is 0 Å². The van der Waals surface area contributed by atoms with Crippen molar-refractivity contribution in [3.63, 3.8) is 0 Å². The van der Waals surface area contributed by atoms with Crippen LogP contribution >= 0.6 is 0 Å². The Balaban J connectivity index is 1.28. The molecule has 3 aromatic carbocycles. The maximum absolute atomic E-state index is 15.5. The first kappa shape index (κ1) is 30.7. The maximum Gasteiger partial charge on any atom is 0.337 e. The van der Waals surface area contributed by atoms with E-state index in [4.69, 9.17) is 14.7 Å². The number of carbonyl (C=O) groups excluding carboxylic acids is 1. The molecule has 1 atom stereocenters. The molecule has 234 valence electrons. The quantitative estimate of drug-likeness (QED) is 0.124. The number of esters is 1. The van der Waals surface area contributed by atoms with Crippen molar-refractivity contribution in [2.45, 2.75) is 38.3 Å². The largest absolute Gasteiger partial charge is 0.473 e. The monoisotopic (exact) mass is 632 g/mol. The van der Waals surface area contributed by atoms with Crippen molar-refractivity contribution in [1.29, 1.82) is 5.26 Å². The molecule has 0 N–H and O–H groups in total. The molecule has 0 bridgehead atoms. The number of ether oxygens (including phenoxy) is 2. The van der Waals surface area contributed by atoms with Crippen molar-refractivity contribution < 1.29 is 36.2 Å². The highest BCUT2D eigenvalue weighted by Gasteiger charge is 2.48. The lowest BCUT2D eigenvalue weighted by Crippen LogP contribution is -2.41. The summed E-state index contributed by atoms with van der Waals surface area (Å²) in [6.07, 6.45) is -0.157. The van der Waals surface area contributed by atoms with E-state index in [1.807, 2.05) is 6.07 Å². The predicted octanol–water partition coefficient (Wildman–Crippen LogP) is 7.39. The number of fused-ring (bicyclic) bond motifs is 1. The van der Waals surface area contributed by atoms with Gasteiger partial charge in [0.1, 0.15) is 29.9 Å². The molecule has 2 aromatic heterocycles. The topological polar surface area (TPSA) is 90.0 Å². The zero-order valence-corrected chi connectivity index (χ0v) is 24.4. The van der Waals surface area contributed by atoms with Crippen molar-refractivity contribution in [2.24, 2.45) is 5.92 Å². The number of nitrogens with zero attached hydrogens (tertiary/aromatic N) is 4. The van der Waals surface area contributed by atoms with Crippen LogP contribution in [0.4, 0.5) is 22.0 Å². The number of halogens is 5. The van der Waals surface area contributed by atoms with Gasteiger partial charge in [0.2, 0.25) is 5.88 Å². The van der Waals surface area contributed by atoms with E-state index in [-0.39, 0.29) is 71.2 Å². The Morgan fingerprint density at radius 3 is 2.50 bits per heavy atom. The molecule has 1 unspecified atom stereocenters. The molecule has 6 rings (SSSR count). The van der Waals surface area contributed by atoms with E-state index >= 15 is 8.78 Å². The average molecular weight is 633 g/mol. The Morgan fingerprint density at radius 2 is 1.80 bits per heavy atom. The third-order valence-corrected chi connectivity index (χ3v) is 8.12. The summed E-state index contributed by atoms with van der Waals surface area (Å²) in [5.41, 5.74) is 1.20. The fourth-order valence-electron chi connectivity index (χ4n) is 5.39. The second-order valence-corrected chi connectivity index (χ2v) is 11.0. The van der Waals surface area contributed by atoms with E-state index in [1.54, 1.807) is 6.07 Å². The molecule has 46 heavy (non-hydrogen) atoms. The lowest BCUT2D eigenvalue weighted by molar-refractivity contribution is -0.137. The van der Waals surface area contributed by atoms with Gasteiger partial charge in [-0.25, -0.2) is 36.7 Å². The van der Waals surface area contributed by atoms with Crippen LogP contribution in [-0.2, 0) is 24.3 Å². The lowest BCUT2D eigenvalue weighted by Gasteiger charge is -2.36. The minimum atomic E-state index is -2.87. The SMILES string of the molecule is COC(=O)c1ccc2nc(Cc3cc(F)c(-c4cccc(OCc5ccc(C#N)cc5F)n4)cc3F)n(CC3CCC3(F)F)c2c1. The number of pyridine rings is 1. The van der Waals surface area contributed by atoms with Crippen LogP contribution in [0.15, 0.2) is 66.7 Å². The zero-order chi connectivity index (χ0) is 32.6. The molecule has 5 aromatic rings. The smallest absolute Gasteiger partial charge is 0.337 e. The molecular formula is C34H25F5N4O3. The number of carbonyl (C=O) groups is 1. The van der Waals surface area contributed by atoms with E-state index in [2.05, 4.69) is 9.97 Å². The molecule has 7 nitrogen and oxygen atoms in total. The summed E-state index contributed by atoms with van der Waals surface area (Å²) < 4.78 is 85.7. The van der Waals surface area contributed by atoms with Crippen LogP contribution < -0.4 is 4.74 Å². The molecule has 0 saturated heterocycles. The van der Waals surface area contributed by atoms with Gasteiger partial charge < -0.3 is 14.0 Å². The summed E-state index contributed by atoms with van der Waals surface area (Å²) in [6, 6.07) is 16.8. The summed E-state index contributed by atoms with van der Waals surface area (Å²) in [5.74, 6) is -6.37. The van der Waals surface area contributed by atoms with Gasteiger partial charge in [0.05, 0.1) is 41.0 Å². The van der Waals surface area contributed by atoms with Crippen LogP contribution in [0.5, 0.6) is 5.88 Å². The fourth-order valence-corrected chi connectivity index (χ4v) is 5.39. The highest BCUT2D eigenvalue weighted by atomic mass is 19.3. The highest BCUT2D eigenvalue weighted by molar-refractivity contribution is 5.93. The van der Waals surface area contributed by atoms with E-state index in [9.17, 15) is 18.0 Å². The van der Waals surface area contributed by atoms with Crippen molar-refractivity contribution in [3.8, 4) is 23.2 Å². The van der Waals surface area contributed by atoms with E-state index in [1.165, 1.54) is 54.1 Å². The Hall–Kier alpha value is -5.31. The second-order valence-electron chi connectivity index (χ2n) is 11.0. The molecule has 0 aliphatic heterocycles. The van der Waals surface area contributed by atoms with Crippen LogP contribution in [0.2, 0.25) is 0 Å². The first-order valence-electron chi connectivity index (χ1n) is 14.3. The molecule has 1 fully saturated rings. The molecule has 1 saturated carbocycles. The number of rotatable bonds is 9. The van der Waals surface area contributed by atoms with Crippen molar-refractivity contribution >= 4 is 17.0 Å². The van der Waals surface area contributed by atoms with Crippen LogP contribution in [0.1, 0.15) is 45.7 Å². The maximum atomic E-state index is 15.5. The van der Waals surface area contributed by atoms with E-state index < -0.39 is 35.3 Å². The molecule has 1 aliphatic carbocycles. The normalized spacial score (nSPS) is 15.3. The summed E-state index contributed by atoms with van der Waals surface area (Å²) in [4.78, 5) is 20.9. The summed E-state index contributed by atoms with van der Waals surface area (Å²) in [6.45, 7) is -0.326. The predicted molar refractivity (Wildman–Crippen MR) is 157 cm³/mol. The number of nitriles is 1. The number of alkyl halides is 2. The summed E-state index contributed by atoms with van der Waals surface area (Å²) in [7, 11) is 1.22. The molecule has 1 aliphatic rings. The van der Waals surface area contributed by atoms with Crippen LogP contribution in [0, 0.1) is 34.7 Å². The standard InChI is InChI=1S/C34H25F5N4O3/c1-45-33(44)20-7-8-29-30(13-20)43(17-23-9-10-34(23,38)39)31(41-29)14-22-12-27(37)24(15-26(22)36)28-3-2-4-32(42-28)46-18-21-6-5-19(16-40)11-25(21)35/h2-8,11-13,15,23H,9-10,14,17-18H2,1H3. The first-order chi connectivity index (χ1) is 22.1. The van der Waals surface area contributed by atoms with Gasteiger partial charge in [0.15, 0.2) is 0 Å². The third kappa shape index (κ3) is 6.00. The molecular weight excluding hydrogens is 607 g/mol. The van der Waals surface area contributed by atoms with E-state index in [0.717, 1.165) is 18.2 Å². The number of benzene rings is 3. The van der Waals surface area contributed by atoms with Gasteiger partial charge in [-0.1, -0.05) is 12.1 Å². The first-order valence-corrected chi connectivity index (χ1v) is 14.3. The van der Waals surface area contributed by atoms with Crippen molar-refractivity contribution in [3.05, 3.63) is 112 Å². The van der Waals surface area contributed by atoms with Crippen LogP contribution in [0.3, 0.4) is 0 Å². The van der Waals surface area contributed by atoms with Gasteiger partial charge in [-0.3, -0.25) is 0 Å². The fraction of sp³-hybridized carbons (Fsp3) is 0.235. The number of aromatic nitrogens is 3. The molecule has 12 heteroatoms. The van der Waals surface area contributed by atoms with Crippen molar-refractivity contribution in [2.75, 3.05) is 7.11 Å². The van der Waals surface area contributed by atoms with Gasteiger partial charge >= 0.3 is 5.97 Å². The molecule has 0 radical (unpaired) electrons. The van der Waals surface area contributed by atoms with E-state index in [0.29, 0.717) is 17.5 Å². The van der Waals surface area contributed by atoms with Gasteiger partial charge in [-0.2, -0.15) is 5.26 Å². The number of imidazole rings is 1. The van der Waals surface area contributed by atoms with Crippen LogP contribution in [0.25, 0.3) is 22.3 Å².